The molecule has 0 fully saturated rings. The third-order valence-corrected chi connectivity index (χ3v) is 4.22. The van der Waals surface area contributed by atoms with Crippen molar-refractivity contribution in [2.45, 2.75) is 32.0 Å². The number of fused-ring (bicyclic) bond motifs is 2. The number of hydrogen-bond acceptors (Lipinski definition) is 3. The third-order valence-electron chi connectivity index (χ3n) is 4.22. The van der Waals surface area contributed by atoms with E-state index in [1.165, 1.54) is 6.07 Å². The Bertz CT molecular complexity index is 1010. The minimum absolute atomic E-state index is 0.0754. The fourth-order valence-electron chi connectivity index (χ4n) is 3.09. The van der Waals surface area contributed by atoms with Crippen molar-refractivity contribution in [1.82, 2.24) is 20.1 Å². The molecule has 0 spiro atoms. The highest BCUT2D eigenvalue weighted by atomic mass is 19.4. The number of pyridine rings is 1. The molecule has 2 aromatic rings. The number of amides is 2. The van der Waals surface area contributed by atoms with Gasteiger partial charge in [0.25, 0.3) is 0 Å². The molecule has 0 aromatic carbocycles. The number of carbonyl (C=O) groups excluding carboxylic acids is 1. The fraction of sp³-hybridized carbons (Fsp3) is 0.294. The van der Waals surface area contributed by atoms with Gasteiger partial charge in [0.15, 0.2) is 0 Å². The Hall–Kier alpha value is -2.97. The minimum atomic E-state index is -4.54. The molecular weight excluding hydrogens is 347 g/mol. The number of urea groups is 1. The van der Waals surface area contributed by atoms with E-state index < -0.39 is 17.9 Å². The first-order valence-corrected chi connectivity index (χ1v) is 8.00. The largest absolute Gasteiger partial charge is 0.433 e. The summed E-state index contributed by atoms with van der Waals surface area (Å²) in [4.78, 5) is 19.1. The number of alkyl halides is 3. The summed E-state index contributed by atoms with van der Waals surface area (Å²) in [6.07, 6.45) is 0.668. The van der Waals surface area contributed by atoms with E-state index in [4.69, 9.17) is 0 Å². The van der Waals surface area contributed by atoms with Crippen LogP contribution in [0.3, 0.4) is 0 Å². The number of aliphatic imine (C=N–C) groups is 1. The zero-order valence-electron chi connectivity index (χ0n) is 13.9. The molecule has 0 saturated carbocycles. The van der Waals surface area contributed by atoms with Crippen LogP contribution in [0.25, 0.3) is 11.0 Å². The second-order valence-corrected chi connectivity index (χ2v) is 6.38. The first-order valence-electron chi connectivity index (χ1n) is 8.00. The van der Waals surface area contributed by atoms with Crippen molar-refractivity contribution in [2.75, 3.05) is 0 Å². The zero-order valence-corrected chi connectivity index (χ0v) is 13.9. The summed E-state index contributed by atoms with van der Waals surface area (Å²) < 4.78 is 41.0. The molecule has 2 aliphatic rings. The Morgan fingerprint density at radius 3 is 2.73 bits per heavy atom. The van der Waals surface area contributed by atoms with Crippen LogP contribution in [-0.4, -0.2) is 26.5 Å². The molecule has 1 unspecified atom stereocenters. The van der Waals surface area contributed by atoms with Gasteiger partial charge in [-0.25, -0.2) is 9.78 Å². The van der Waals surface area contributed by atoms with Crippen LogP contribution in [0.1, 0.15) is 37.2 Å². The average Bonchev–Trinajstić information content (AvgIpc) is 3.11. The van der Waals surface area contributed by atoms with E-state index >= 15 is 0 Å². The molecule has 26 heavy (non-hydrogen) atoms. The van der Waals surface area contributed by atoms with Crippen molar-refractivity contribution in [3.63, 3.8) is 0 Å². The van der Waals surface area contributed by atoms with E-state index in [9.17, 15) is 18.0 Å². The molecule has 3 heterocycles. The predicted octanol–water partition coefficient (Wildman–Crippen LogP) is 3.73. The van der Waals surface area contributed by atoms with E-state index in [2.05, 4.69) is 20.4 Å². The highest BCUT2D eigenvalue weighted by molar-refractivity contribution is 6.19. The van der Waals surface area contributed by atoms with Gasteiger partial charge in [-0.1, -0.05) is 6.08 Å². The molecule has 2 amide bonds. The van der Waals surface area contributed by atoms with Crippen molar-refractivity contribution >= 4 is 22.8 Å². The molecule has 4 rings (SSSR count). The van der Waals surface area contributed by atoms with Crippen LogP contribution in [0.4, 0.5) is 18.0 Å². The normalized spacial score (nSPS) is 19.6. The van der Waals surface area contributed by atoms with Gasteiger partial charge in [0.05, 0.1) is 17.1 Å². The van der Waals surface area contributed by atoms with Crippen LogP contribution < -0.4 is 5.32 Å². The van der Waals surface area contributed by atoms with Crippen molar-refractivity contribution in [3.8, 4) is 0 Å². The molecule has 2 aromatic heterocycles. The molecule has 134 valence electrons. The molecule has 1 aliphatic heterocycles. The number of aromatic nitrogens is 3. The molecule has 0 bridgehead atoms. The first-order chi connectivity index (χ1) is 12.2. The molecule has 0 saturated heterocycles. The second kappa shape index (κ2) is 5.52. The van der Waals surface area contributed by atoms with Crippen molar-refractivity contribution in [2.24, 2.45) is 4.99 Å². The zero-order chi connectivity index (χ0) is 18.6. The van der Waals surface area contributed by atoms with Crippen molar-refractivity contribution in [3.05, 3.63) is 47.4 Å². The van der Waals surface area contributed by atoms with E-state index in [0.29, 0.717) is 22.6 Å². The maximum absolute atomic E-state index is 13.1. The summed E-state index contributed by atoms with van der Waals surface area (Å²) in [5.41, 5.74) is 1.23. The van der Waals surface area contributed by atoms with Gasteiger partial charge in [-0.2, -0.15) is 23.3 Å². The molecule has 1 aliphatic carbocycles. The summed E-state index contributed by atoms with van der Waals surface area (Å²) in [6, 6.07) is 1.73. The standard InChI is InChI=1S/C17H14F3N5O/c1-8(2)25-15(9-3-4-10-12(7-9)22-16(26)21-10)14-11(24-25)5-6-13(23-14)17(18,19)20/h3-9H,1-2H3,(H,22,26). The lowest BCUT2D eigenvalue weighted by molar-refractivity contribution is -0.140. The SMILES string of the molecule is CC(C)n1nc2ccc(C(F)(F)F)nc2c1C1C=CC2=NC(=O)NC2=C1. The van der Waals surface area contributed by atoms with Gasteiger partial charge >= 0.3 is 12.2 Å². The number of allylic oxidation sites excluding steroid dienone is 3. The van der Waals surface area contributed by atoms with Gasteiger partial charge in [0.1, 0.15) is 16.7 Å². The highest BCUT2D eigenvalue weighted by Crippen LogP contribution is 2.35. The van der Waals surface area contributed by atoms with Crippen molar-refractivity contribution in [1.29, 1.82) is 0 Å². The van der Waals surface area contributed by atoms with Gasteiger partial charge in [-0.3, -0.25) is 4.68 Å². The summed E-state index contributed by atoms with van der Waals surface area (Å²) >= 11 is 0. The monoisotopic (exact) mass is 361 g/mol. The Kier molecular flexibility index (Phi) is 3.50. The van der Waals surface area contributed by atoms with Gasteiger partial charge in [-0.15, -0.1) is 0 Å². The van der Waals surface area contributed by atoms with E-state index in [1.54, 1.807) is 22.9 Å². The van der Waals surface area contributed by atoms with Gasteiger partial charge in [0.2, 0.25) is 0 Å². The number of nitrogens with zero attached hydrogens (tertiary/aromatic N) is 4. The summed E-state index contributed by atoms with van der Waals surface area (Å²) in [6.45, 7) is 3.79. The van der Waals surface area contributed by atoms with Gasteiger partial charge in [0, 0.05) is 12.0 Å². The Labute approximate surface area is 146 Å². The van der Waals surface area contributed by atoms with Crippen LogP contribution in [0, 0.1) is 0 Å². The Morgan fingerprint density at radius 2 is 2.04 bits per heavy atom. The smallest absolute Gasteiger partial charge is 0.304 e. The number of carbonyl (C=O) groups is 1. The van der Waals surface area contributed by atoms with Crippen LogP contribution in [0.15, 0.2) is 41.1 Å². The van der Waals surface area contributed by atoms with Crippen molar-refractivity contribution < 1.29 is 18.0 Å². The molecule has 1 atom stereocenters. The number of hydrogen-bond donors (Lipinski definition) is 1. The van der Waals surface area contributed by atoms with Crippen LogP contribution in [0.5, 0.6) is 0 Å². The quantitative estimate of drug-likeness (QED) is 0.886. The molecular formula is C17H14F3N5O. The maximum atomic E-state index is 13.1. The Balaban J connectivity index is 1.90. The number of halogens is 3. The lowest BCUT2D eigenvalue weighted by Crippen LogP contribution is -2.19. The fourth-order valence-corrected chi connectivity index (χ4v) is 3.09. The minimum Gasteiger partial charge on any atom is -0.304 e. The summed E-state index contributed by atoms with van der Waals surface area (Å²) in [5, 5.41) is 7.03. The average molecular weight is 361 g/mol. The summed E-state index contributed by atoms with van der Waals surface area (Å²) in [5.74, 6) is -0.384. The molecule has 6 nitrogen and oxygen atoms in total. The number of nitrogens with one attached hydrogen (secondary N) is 1. The van der Waals surface area contributed by atoms with Crippen LogP contribution in [0.2, 0.25) is 0 Å². The number of rotatable bonds is 2. The molecule has 9 heteroatoms. The lowest BCUT2D eigenvalue weighted by atomic mass is 9.95. The Morgan fingerprint density at radius 1 is 1.27 bits per heavy atom. The van der Waals surface area contributed by atoms with Gasteiger partial charge in [-0.05, 0) is 38.1 Å². The molecule has 0 radical (unpaired) electrons. The highest BCUT2D eigenvalue weighted by Gasteiger charge is 2.34. The van der Waals surface area contributed by atoms with Crippen LogP contribution in [-0.2, 0) is 6.18 Å². The second-order valence-electron chi connectivity index (χ2n) is 6.38. The summed E-state index contributed by atoms with van der Waals surface area (Å²) in [7, 11) is 0. The van der Waals surface area contributed by atoms with E-state index in [-0.39, 0.29) is 17.5 Å². The third kappa shape index (κ3) is 2.59. The topological polar surface area (TPSA) is 72.2 Å². The predicted molar refractivity (Wildman–Crippen MR) is 88.8 cm³/mol. The van der Waals surface area contributed by atoms with Gasteiger partial charge < -0.3 is 5.32 Å². The molecule has 1 N–H and O–H groups in total. The van der Waals surface area contributed by atoms with E-state index in [0.717, 1.165) is 6.07 Å². The lowest BCUT2D eigenvalue weighted by Gasteiger charge is -2.18. The van der Waals surface area contributed by atoms with Crippen LogP contribution >= 0.6 is 0 Å². The maximum Gasteiger partial charge on any atom is 0.433 e. The van der Waals surface area contributed by atoms with E-state index in [1.807, 2.05) is 13.8 Å². The first kappa shape index (κ1) is 16.5.